The molecule has 0 saturated carbocycles. The average Bonchev–Trinajstić information content (AvgIpc) is 3.77. The SMILES string of the molecule is CC[C@H](C)[C@@H]([C@@H](CC(=O)N1CCC[C@H]1[C@H](OC)[C@@H](C)C(=O)N[C@@H](Cc1ccccc1)c1nccs1)OC)N(C)C(=O)[C@@H](N)C(C)(C)O. The number of carbonyl (C=O) groups is 3. The number of methoxy groups -OCH3 is 2. The maximum Gasteiger partial charge on any atom is 0.242 e. The zero-order chi connectivity index (χ0) is 34.9. The van der Waals surface area contributed by atoms with Crippen molar-refractivity contribution in [3.63, 3.8) is 0 Å². The van der Waals surface area contributed by atoms with Gasteiger partial charge in [0.15, 0.2) is 0 Å². The summed E-state index contributed by atoms with van der Waals surface area (Å²) >= 11 is 1.50. The molecule has 1 saturated heterocycles. The minimum Gasteiger partial charge on any atom is -0.388 e. The zero-order valence-corrected chi connectivity index (χ0v) is 30.0. The number of nitrogens with zero attached hydrogens (tertiary/aromatic N) is 3. The maximum absolute atomic E-state index is 14.0. The summed E-state index contributed by atoms with van der Waals surface area (Å²) in [5.74, 6) is -1.27. The lowest BCUT2D eigenvalue weighted by Crippen LogP contribution is -2.59. The molecule has 1 aromatic carbocycles. The van der Waals surface area contributed by atoms with Crippen LogP contribution in [-0.4, -0.2) is 101 Å². The highest BCUT2D eigenvalue weighted by atomic mass is 32.1. The van der Waals surface area contributed by atoms with Crippen LogP contribution in [0.3, 0.4) is 0 Å². The Bertz CT molecular complexity index is 1270. The van der Waals surface area contributed by atoms with Crippen LogP contribution in [-0.2, 0) is 30.3 Å². The number of ether oxygens (including phenoxy) is 2. The molecule has 3 amide bonds. The normalized spacial score (nSPS) is 19.7. The van der Waals surface area contributed by atoms with Gasteiger partial charge in [0.1, 0.15) is 11.0 Å². The number of nitrogens with two attached hydrogens (primary N) is 1. The number of thiazole rings is 1. The summed E-state index contributed by atoms with van der Waals surface area (Å²) < 4.78 is 11.9. The second kappa shape index (κ2) is 17.5. The van der Waals surface area contributed by atoms with E-state index in [1.807, 2.05) is 61.4 Å². The molecule has 2 heterocycles. The first-order chi connectivity index (χ1) is 22.2. The van der Waals surface area contributed by atoms with Gasteiger partial charge in [-0.2, -0.15) is 0 Å². The highest BCUT2D eigenvalue weighted by Crippen LogP contribution is 2.30. The highest BCUT2D eigenvalue weighted by Gasteiger charge is 2.43. The van der Waals surface area contributed by atoms with Crippen molar-refractivity contribution in [1.29, 1.82) is 0 Å². The highest BCUT2D eigenvalue weighted by molar-refractivity contribution is 7.09. The van der Waals surface area contributed by atoms with E-state index in [0.717, 1.165) is 23.4 Å². The molecule has 4 N–H and O–H groups in total. The Morgan fingerprint density at radius 1 is 1.19 bits per heavy atom. The van der Waals surface area contributed by atoms with Crippen LogP contribution in [0.5, 0.6) is 0 Å². The number of benzene rings is 1. The van der Waals surface area contributed by atoms with Gasteiger partial charge in [-0.1, -0.05) is 57.5 Å². The molecule has 2 aromatic rings. The predicted molar refractivity (Wildman–Crippen MR) is 184 cm³/mol. The van der Waals surface area contributed by atoms with Crippen LogP contribution < -0.4 is 11.1 Å². The molecule has 11 nitrogen and oxygen atoms in total. The number of likely N-dealkylation sites (tertiary alicyclic amines) is 1. The standard InChI is InChI=1S/C35H55N5O6S/c1-9-22(2)29(39(6)34(43)31(36)35(4,5)44)27(45-7)21-28(41)40-18-13-16-26(40)30(46-8)23(3)32(42)38-25(33-37-17-19-47-33)20-24-14-11-10-12-15-24/h10-12,14-15,17,19,22-23,25-27,29-31,44H,9,13,16,18,20-21,36H2,1-8H3,(H,38,42)/t22-,23+,25-,26-,27+,29-,30+,31+/m0/s1. The van der Waals surface area contributed by atoms with Gasteiger partial charge in [-0.25, -0.2) is 4.98 Å². The van der Waals surface area contributed by atoms with E-state index in [0.29, 0.717) is 19.4 Å². The van der Waals surface area contributed by atoms with Crippen molar-refractivity contribution >= 4 is 29.1 Å². The summed E-state index contributed by atoms with van der Waals surface area (Å²) in [4.78, 5) is 48.9. The minimum absolute atomic E-state index is 0.0119. The number of rotatable bonds is 17. The number of amides is 3. The molecule has 47 heavy (non-hydrogen) atoms. The lowest BCUT2D eigenvalue weighted by Gasteiger charge is -2.41. The van der Waals surface area contributed by atoms with Gasteiger partial charge in [-0.05, 0) is 44.6 Å². The third-order valence-electron chi connectivity index (χ3n) is 9.63. The Morgan fingerprint density at radius 2 is 1.87 bits per heavy atom. The molecule has 262 valence electrons. The van der Waals surface area contributed by atoms with E-state index in [2.05, 4.69) is 10.3 Å². The molecule has 0 unspecified atom stereocenters. The van der Waals surface area contributed by atoms with Crippen LogP contribution in [0.1, 0.15) is 76.9 Å². The second-order valence-corrected chi connectivity index (χ2v) is 14.3. The maximum atomic E-state index is 14.0. The molecular weight excluding hydrogens is 618 g/mol. The molecule has 1 aliphatic rings. The van der Waals surface area contributed by atoms with Crippen molar-refractivity contribution in [1.82, 2.24) is 20.1 Å². The third-order valence-corrected chi connectivity index (χ3v) is 10.5. The van der Waals surface area contributed by atoms with E-state index in [1.165, 1.54) is 30.1 Å². The lowest BCUT2D eigenvalue weighted by atomic mass is 9.89. The summed E-state index contributed by atoms with van der Waals surface area (Å²) in [6.45, 7) is 9.42. The number of carbonyl (C=O) groups excluding carboxylic acids is 3. The first kappa shape index (κ1) is 38.5. The molecule has 1 fully saturated rings. The summed E-state index contributed by atoms with van der Waals surface area (Å²) in [7, 11) is 4.78. The zero-order valence-electron chi connectivity index (χ0n) is 29.2. The van der Waals surface area contributed by atoms with Gasteiger partial charge in [0.2, 0.25) is 17.7 Å². The van der Waals surface area contributed by atoms with Crippen molar-refractivity contribution in [2.45, 2.75) is 109 Å². The summed E-state index contributed by atoms with van der Waals surface area (Å²) in [6, 6.07) is 7.80. The fourth-order valence-corrected chi connectivity index (χ4v) is 7.28. The van der Waals surface area contributed by atoms with E-state index in [4.69, 9.17) is 15.2 Å². The van der Waals surface area contributed by atoms with E-state index in [-0.39, 0.29) is 36.2 Å². The van der Waals surface area contributed by atoms with Crippen molar-refractivity contribution in [3.05, 3.63) is 52.5 Å². The van der Waals surface area contributed by atoms with Crippen LogP contribution >= 0.6 is 11.3 Å². The molecule has 0 aliphatic carbocycles. The first-order valence-corrected chi connectivity index (χ1v) is 17.5. The van der Waals surface area contributed by atoms with Gasteiger partial charge >= 0.3 is 0 Å². The Labute approximate surface area is 284 Å². The monoisotopic (exact) mass is 673 g/mol. The topological polar surface area (TPSA) is 147 Å². The average molecular weight is 674 g/mol. The van der Waals surface area contributed by atoms with Gasteiger partial charge in [0.05, 0.1) is 48.3 Å². The van der Waals surface area contributed by atoms with Gasteiger partial charge < -0.3 is 35.4 Å². The second-order valence-electron chi connectivity index (χ2n) is 13.3. The molecular formula is C35H55N5O6S. The number of nitrogens with one attached hydrogen (secondary N) is 1. The quantitative estimate of drug-likeness (QED) is 0.231. The Kier molecular flexibility index (Phi) is 14.3. The molecule has 12 heteroatoms. The van der Waals surface area contributed by atoms with Gasteiger partial charge in [0.25, 0.3) is 0 Å². The molecule has 8 atom stereocenters. The Morgan fingerprint density at radius 3 is 2.43 bits per heavy atom. The number of aromatic nitrogens is 1. The molecule has 1 aromatic heterocycles. The predicted octanol–water partition coefficient (Wildman–Crippen LogP) is 3.56. The van der Waals surface area contributed by atoms with Crippen molar-refractivity contribution in [2.75, 3.05) is 27.8 Å². The van der Waals surface area contributed by atoms with Crippen molar-refractivity contribution in [2.24, 2.45) is 17.6 Å². The first-order valence-electron chi connectivity index (χ1n) is 16.6. The number of hydrogen-bond donors (Lipinski definition) is 3. The Hall–Kier alpha value is -2.90. The molecule has 1 aliphatic heterocycles. The Balaban J connectivity index is 1.76. The minimum atomic E-state index is -1.41. The van der Waals surface area contributed by atoms with Crippen LogP contribution in [0.15, 0.2) is 41.9 Å². The van der Waals surface area contributed by atoms with Crippen molar-refractivity contribution < 1.29 is 29.0 Å². The number of hydrogen-bond acceptors (Lipinski definition) is 9. The van der Waals surface area contributed by atoms with Crippen LogP contribution in [0.25, 0.3) is 0 Å². The summed E-state index contributed by atoms with van der Waals surface area (Å²) in [5, 5.41) is 16.3. The molecule has 3 rings (SSSR count). The molecule has 0 spiro atoms. The van der Waals surface area contributed by atoms with E-state index < -0.39 is 41.7 Å². The van der Waals surface area contributed by atoms with E-state index in [9.17, 15) is 19.5 Å². The van der Waals surface area contributed by atoms with Crippen molar-refractivity contribution in [3.8, 4) is 0 Å². The smallest absolute Gasteiger partial charge is 0.242 e. The molecule has 0 bridgehead atoms. The third kappa shape index (κ3) is 9.82. The van der Waals surface area contributed by atoms with Gasteiger partial charge in [0, 0.05) is 39.4 Å². The fourth-order valence-electron chi connectivity index (χ4n) is 6.59. The number of aliphatic hydroxyl groups is 1. The van der Waals surface area contributed by atoms with Gasteiger partial charge in [-0.15, -0.1) is 11.3 Å². The number of likely N-dealkylation sites (N-methyl/N-ethyl adjacent to an activating group) is 1. The lowest BCUT2D eigenvalue weighted by molar-refractivity contribution is -0.148. The summed E-state index contributed by atoms with van der Waals surface area (Å²) in [5.41, 5.74) is 5.81. The van der Waals surface area contributed by atoms with E-state index in [1.54, 1.807) is 27.5 Å². The summed E-state index contributed by atoms with van der Waals surface area (Å²) in [6.07, 6.45) is 3.46. The van der Waals surface area contributed by atoms with Crippen LogP contribution in [0.4, 0.5) is 0 Å². The van der Waals surface area contributed by atoms with E-state index >= 15 is 0 Å². The van der Waals surface area contributed by atoms with Gasteiger partial charge in [-0.3, -0.25) is 14.4 Å². The largest absolute Gasteiger partial charge is 0.388 e. The van der Waals surface area contributed by atoms with Crippen LogP contribution in [0, 0.1) is 11.8 Å². The molecule has 0 radical (unpaired) electrons. The van der Waals surface area contributed by atoms with Crippen LogP contribution in [0.2, 0.25) is 0 Å². The fraction of sp³-hybridized carbons (Fsp3) is 0.657.